The number of amides is 1. The molecule has 1 rings (SSSR count). The van der Waals surface area contributed by atoms with Gasteiger partial charge in [-0.1, -0.05) is 0 Å². The SMILES string of the molecule is COCCNC(=O)C(C)N1CCCC1CCCN. The van der Waals surface area contributed by atoms with Gasteiger partial charge in [0.15, 0.2) is 0 Å². The molecule has 5 nitrogen and oxygen atoms in total. The van der Waals surface area contributed by atoms with E-state index in [0.29, 0.717) is 19.2 Å². The van der Waals surface area contributed by atoms with Gasteiger partial charge >= 0.3 is 0 Å². The van der Waals surface area contributed by atoms with Crippen molar-refractivity contribution >= 4 is 5.91 Å². The van der Waals surface area contributed by atoms with Crippen LogP contribution in [0.3, 0.4) is 0 Å². The van der Waals surface area contributed by atoms with Gasteiger partial charge in [-0.3, -0.25) is 9.69 Å². The van der Waals surface area contributed by atoms with Crippen LogP contribution >= 0.6 is 0 Å². The largest absolute Gasteiger partial charge is 0.383 e. The average molecular weight is 257 g/mol. The molecule has 18 heavy (non-hydrogen) atoms. The number of ether oxygens (including phenoxy) is 1. The quantitative estimate of drug-likeness (QED) is 0.615. The van der Waals surface area contributed by atoms with E-state index in [1.165, 1.54) is 12.8 Å². The molecule has 1 heterocycles. The summed E-state index contributed by atoms with van der Waals surface area (Å²) in [5.41, 5.74) is 5.56. The Hall–Kier alpha value is -0.650. The molecule has 0 saturated carbocycles. The molecule has 2 atom stereocenters. The maximum Gasteiger partial charge on any atom is 0.237 e. The number of nitrogens with one attached hydrogen (secondary N) is 1. The first-order valence-electron chi connectivity index (χ1n) is 6.93. The number of rotatable bonds is 8. The summed E-state index contributed by atoms with van der Waals surface area (Å²) < 4.78 is 4.93. The minimum Gasteiger partial charge on any atom is -0.383 e. The Balaban J connectivity index is 2.38. The smallest absolute Gasteiger partial charge is 0.237 e. The number of hydrogen-bond acceptors (Lipinski definition) is 4. The van der Waals surface area contributed by atoms with E-state index in [1.807, 2.05) is 6.92 Å². The van der Waals surface area contributed by atoms with Crippen molar-refractivity contribution in [1.29, 1.82) is 0 Å². The lowest BCUT2D eigenvalue weighted by Gasteiger charge is -2.29. The van der Waals surface area contributed by atoms with Gasteiger partial charge in [0.1, 0.15) is 0 Å². The highest BCUT2D eigenvalue weighted by Gasteiger charge is 2.31. The minimum absolute atomic E-state index is 0.0490. The molecule has 2 unspecified atom stereocenters. The Morgan fingerprint density at radius 2 is 2.39 bits per heavy atom. The molecule has 5 heteroatoms. The van der Waals surface area contributed by atoms with E-state index < -0.39 is 0 Å². The first-order valence-corrected chi connectivity index (χ1v) is 6.93. The van der Waals surface area contributed by atoms with Crippen LogP contribution in [-0.4, -0.2) is 56.2 Å². The Labute approximate surface area is 110 Å². The van der Waals surface area contributed by atoms with Crippen molar-refractivity contribution in [2.24, 2.45) is 5.73 Å². The van der Waals surface area contributed by atoms with E-state index >= 15 is 0 Å². The second kappa shape index (κ2) is 8.45. The lowest BCUT2D eigenvalue weighted by molar-refractivity contribution is -0.126. The second-order valence-corrected chi connectivity index (χ2v) is 4.92. The topological polar surface area (TPSA) is 67.6 Å². The van der Waals surface area contributed by atoms with Gasteiger partial charge < -0.3 is 15.8 Å². The van der Waals surface area contributed by atoms with Crippen LogP contribution in [0.1, 0.15) is 32.6 Å². The fraction of sp³-hybridized carbons (Fsp3) is 0.923. The third-order valence-electron chi connectivity index (χ3n) is 3.65. The van der Waals surface area contributed by atoms with Crippen molar-refractivity contribution in [1.82, 2.24) is 10.2 Å². The van der Waals surface area contributed by atoms with E-state index in [-0.39, 0.29) is 11.9 Å². The van der Waals surface area contributed by atoms with E-state index in [1.54, 1.807) is 7.11 Å². The third-order valence-corrected chi connectivity index (χ3v) is 3.65. The molecule has 0 aromatic heterocycles. The van der Waals surface area contributed by atoms with E-state index in [2.05, 4.69) is 10.2 Å². The molecule has 3 N–H and O–H groups in total. The maximum atomic E-state index is 12.0. The zero-order chi connectivity index (χ0) is 13.4. The first kappa shape index (κ1) is 15.4. The second-order valence-electron chi connectivity index (χ2n) is 4.92. The normalized spacial score (nSPS) is 22.1. The molecule has 1 aliphatic heterocycles. The summed E-state index contributed by atoms with van der Waals surface area (Å²) in [7, 11) is 1.64. The highest BCUT2D eigenvalue weighted by molar-refractivity contribution is 5.81. The molecule has 1 amide bonds. The average Bonchev–Trinajstić information content (AvgIpc) is 2.83. The van der Waals surface area contributed by atoms with Crippen molar-refractivity contribution in [2.75, 3.05) is 33.4 Å². The van der Waals surface area contributed by atoms with Crippen molar-refractivity contribution in [3.8, 4) is 0 Å². The lowest BCUT2D eigenvalue weighted by atomic mass is 10.1. The summed E-state index contributed by atoms with van der Waals surface area (Å²) in [4.78, 5) is 14.3. The van der Waals surface area contributed by atoms with Gasteiger partial charge in [-0.05, 0) is 45.7 Å². The van der Waals surface area contributed by atoms with Gasteiger partial charge in [0.2, 0.25) is 5.91 Å². The van der Waals surface area contributed by atoms with E-state index in [0.717, 1.165) is 25.9 Å². The fourth-order valence-electron chi connectivity index (χ4n) is 2.61. The molecule has 0 bridgehead atoms. The van der Waals surface area contributed by atoms with Gasteiger partial charge in [0.05, 0.1) is 12.6 Å². The van der Waals surface area contributed by atoms with E-state index in [4.69, 9.17) is 10.5 Å². The molecular weight excluding hydrogens is 230 g/mol. The van der Waals surface area contributed by atoms with Crippen LogP contribution in [0.5, 0.6) is 0 Å². The standard InChI is InChI=1S/C13H27N3O2/c1-11(13(17)15-8-10-18-2)16-9-4-6-12(16)5-3-7-14/h11-12H,3-10,14H2,1-2H3,(H,15,17). The van der Waals surface area contributed by atoms with Crippen molar-refractivity contribution in [3.05, 3.63) is 0 Å². The molecule has 1 saturated heterocycles. The lowest BCUT2D eigenvalue weighted by Crippen LogP contribution is -2.47. The van der Waals surface area contributed by atoms with Gasteiger partial charge in [0, 0.05) is 19.7 Å². The zero-order valence-electron chi connectivity index (χ0n) is 11.7. The number of methoxy groups -OCH3 is 1. The number of hydrogen-bond donors (Lipinski definition) is 2. The number of carbonyl (C=O) groups excluding carboxylic acids is 1. The van der Waals surface area contributed by atoms with Crippen molar-refractivity contribution in [2.45, 2.75) is 44.7 Å². The Morgan fingerprint density at radius 3 is 3.06 bits per heavy atom. The van der Waals surface area contributed by atoms with Crippen molar-refractivity contribution < 1.29 is 9.53 Å². The number of nitrogens with two attached hydrogens (primary N) is 1. The summed E-state index contributed by atoms with van der Waals surface area (Å²) in [6.45, 7) is 4.89. The molecular formula is C13H27N3O2. The molecule has 106 valence electrons. The zero-order valence-corrected chi connectivity index (χ0v) is 11.7. The van der Waals surface area contributed by atoms with Gasteiger partial charge in [-0.2, -0.15) is 0 Å². The van der Waals surface area contributed by atoms with Crippen molar-refractivity contribution in [3.63, 3.8) is 0 Å². The van der Waals surface area contributed by atoms with Crippen LogP contribution in [0.15, 0.2) is 0 Å². The summed E-state index contributed by atoms with van der Waals surface area (Å²) in [6, 6.07) is 0.476. The summed E-state index contributed by atoms with van der Waals surface area (Å²) >= 11 is 0. The predicted octanol–water partition coefficient (Wildman–Crippen LogP) is 0.341. The van der Waals surface area contributed by atoms with Gasteiger partial charge in [-0.15, -0.1) is 0 Å². The van der Waals surface area contributed by atoms with Gasteiger partial charge in [-0.25, -0.2) is 0 Å². The summed E-state index contributed by atoms with van der Waals surface area (Å²) in [5, 5.41) is 2.91. The fourth-order valence-corrected chi connectivity index (χ4v) is 2.61. The van der Waals surface area contributed by atoms with Crippen LogP contribution in [-0.2, 0) is 9.53 Å². The number of carbonyl (C=O) groups is 1. The molecule has 1 fully saturated rings. The summed E-state index contributed by atoms with van der Waals surface area (Å²) in [5.74, 6) is 0.103. The van der Waals surface area contributed by atoms with Crippen LogP contribution in [0, 0.1) is 0 Å². The highest BCUT2D eigenvalue weighted by Crippen LogP contribution is 2.23. The van der Waals surface area contributed by atoms with Crippen LogP contribution in [0.4, 0.5) is 0 Å². The van der Waals surface area contributed by atoms with Crippen LogP contribution < -0.4 is 11.1 Å². The Bertz CT molecular complexity index is 248. The van der Waals surface area contributed by atoms with Crippen LogP contribution in [0.25, 0.3) is 0 Å². The molecule has 0 aliphatic carbocycles. The maximum absolute atomic E-state index is 12.0. The molecule has 0 spiro atoms. The van der Waals surface area contributed by atoms with Gasteiger partial charge in [0.25, 0.3) is 0 Å². The Morgan fingerprint density at radius 1 is 1.61 bits per heavy atom. The molecule has 0 aromatic carbocycles. The van der Waals surface area contributed by atoms with E-state index in [9.17, 15) is 4.79 Å². The molecule has 0 aromatic rings. The minimum atomic E-state index is -0.0490. The Kier molecular flexibility index (Phi) is 7.23. The predicted molar refractivity (Wildman–Crippen MR) is 72.4 cm³/mol. The number of likely N-dealkylation sites (tertiary alicyclic amines) is 1. The summed E-state index contributed by atoms with van der Waals surface area (Å²) in [6.07, 6.45) is 4.52. The third kappa shape index (κ3) is 4.55. The van der Waals surface area contributed by atoms with Crippen LogP contribution in [0.2, 0.25) is 0 Å². The highest BCUT2D eigenvalue weighted by atomic mass is 16.5. The number of nitrogens with zero attached hydrogens (tertiary/aromatic N) is 1. The molecule has 0 radical (unpaired) electrons. The molecule has 1 aliphatic rings. The monoisotopic (exact) mass is 257 g/mol. The first-order chi connectivity index (χ1) is 8.70.